The largest absolute Gasteiger partial charge is 0.379 e. The van der Waals surface area contributed by atoms with Gasteiger partial charge in [-0.15, -0.1) is 0 Å². The normalized spacial score (nSPS) is 10.6. The van der Waals surface area contributed by atoms with Crippen molar-refractivity contribution in [1.29, 1.82) is 0 Å². The number of ether oxygens (including phenoxy) is 3. The van der Waals surface area contributed by atoms with E-state index in [-0.39, 0.29) is 6.61 Å². The average Bonchev–Trinajstić information content (AvgIpc) is 2.49. The minimum Gasteiger partial charge on any atom is -0.379 e. The van der Waals surface area contributed by atoms with Crippen LogP contribution in [0.25, 0.3) is 0 Å². The molecule has 1 aromatic rings. The second-order valence-corrected chi connectivity index (χ2v) is 4.45. The van der Waals surface area contributed by atoms with Gasteiger partial charge in [-0.2, -0.15) is 0 Å². The molecule has 0 fully saturated rings. The SMILES string of the molecule is O=CCOCCOCCCCCOCc1ccccc1. The molecule has 0 bridgehead atoms. The first kappa shape index (κ1) is 16.8. The van der Waals surface area contributed by atoms with Gasteiger partial charge >= 0.3 is 0 Å². The fourth-order valence-electron chi connectivity index (χ4n) is 1.70. The van der Waals surface area contributed by atoms with Crippen molar-refractivity contribution in [3.05, 3.63) is 35.9 Å². The Kier molecular flexibility index (Phi) is 10.8. The minimum absolute atomic E-state index is 0.155. The standard InChI is InChI=1S/C16H24O4/c17-9-12-19-14-13-18-10-5-2-6-11-20-15-16-7-3-1-4-8-16/h1,3-4,7-9H,2,5-6,10-15H2. The van der Waals surface area contributed by atoms with Crippen molar-refractivity contribution in [3.63, 3.8) is 0 Å². The summed E-state index contributed by atoms with van der Waals surface area (Å²) in [6.07, 6.45) is 3.93. The molecule has 0 aliphatic rings. The van der Waals surface area contributed by atoms with Crippen molar-refractivity contribution in [2.45, 2.75) is 25.9 Å². The van der Waals surface area contributed by atoms with Crippen molar-refractivity contribution >= 4 is 6.29 Å². The first-order valence-corrected chi connectivity index (χ1v) is 7.14. The summed E-state index contributed by atoms with van der Waals surface area (Å²) >= 11 is 0. The Bertz CT molecular complexity index is 327. The molecular weight excluding hydrogens is 256 g/mol. The van der Waals surface area contributed by atoms with Gasteiger partial charge in [-0.05, 0) is 24.8 Å². The lowest BCUT2D eigenvalue weighted by molar-refractivity contribution is -0.112. The van der Waals surface area contributed by atoms with Crippen LogP contribution in [-0.4, -0.2) is 39.3 Å². The zero-order chi connectivity index (χ0) is 14.3. The molecular formula is C16H24O4. The smallest absolute Gasteiger partial charge is 0.145 e. The summed E-state index contributed by atoms with van der Waals surface area (Å²) in [4.78, 5) is 9.98. The molecule has 0 spiro atoms. The Labute approximate surface area is 121 Å². The summed E-state index contributed by atoms with van der Waals surface area (Å²) in [6, 6.07) is 10.2. The summed E-state index contributed by atoms with van der Waals surface area (Å²) in [5, 5.41) is 0. The van der Waals surface area contributed by atoms with Gasteiger partial charge in [0.15, 0.2) is 0 Å². The summed E-state index contributed by atoms with van der Waals surface area (Å²) in [7, 11) is 0. The molecule has 0 aromatic heterocycles. The third-order valence-corrected chi connectivity index (χ3v) is 2.75. The minimum atomic E-state index is 0.155. The van der Waals surface area contributed by atoms with Crippen molar-refractivity contribution < 1.29 is 19.0 Å². The van der Waals surface area contributed by atoms with E-state index >= 15 is 0 Å². The fourth-order valence-corrected chi connectivity index (χ4v) is 1.70. The van der Waals surface area contributed by atoms with E-state index in [4.69, 9.17) is 14.2 Å². The van der Waals surface area contributed by atoms with Crippen molar-refractivity contribution in [2.24, 2.45) is 0 Å². The summed E-state index contributed by atoms with van der Waals surface area (Å²) < 4.78 is 15.9. The predicted octanol–water partition coefficient (Wildman–Crippen LogP) is 2.61. The van der Waals surface area contributed by atoms with Crippen LogP contribution in [0.2, 0.25) is 0 Å². The van der Waals surface area contributed by atoms with E-state index in [1.807, 2.05) is 18.2 Å². The third-order valence-electron chi connectivity index (χ3n) is 2.75. The lowest BCUT2D eigenvalue weighted by atomic mass is 10.2. The van der Waals surface area contributed by atoms with Gasteiger partial charge in [-0.1, -0.05) is 30.3 Å². The van der Waals surface area contributed by atoms with E-state index < -0.39 is 0 Å². The third kappa shape index (κ3) is 9.67. The molecule has 4 heteroatoms. The summed E-state index contributed by atoms with van der Waals surface area (Å²) in [6.45, 7) is 3.41. The van der Waals surface area contributed by atoms with Crippen molar-refractivity contribution in [2.75, 3.05) is 33.0 Å². The second kappa shape index (κ2) is 12.8. The van der Waals surface area contributed by atoms with Gasteiger partial charge in [0, 0.05) is 13.2 Å². The Hall–Kier alpha value is -1.23. The van der Waals surface area contributed by atoms with Crippen LogP contribution in [0.15, 0.2) is 30.3 Å². The maximum absolute atomic E-state index is 9.98. The molecule has 0 unspecified atom stereocenters. The maximum Gasteiger partial charge on any atom is 0.145 e. The molecule has 112 valence electrons. The molecule has 0 saturated carbocycles. The van der Waals surface area contributed by atoms with E-state index in [0.717, 1.165) is 38.8 Å². The van der Waals surface area contributed by atoms with Crippen molar-refractivity contribution in [1.82, 2.24) is 0 Å². The molecule has 20 heavy (non-hydrogen) atoms. The molecule has 0 radical (unpaired) electrons. The monoisotopic (exact) mass is 280 g/mol. The highest BCUT2D eigenvalue weighted by atomic mass is 16.5. The summed E-state index contributed by atoms with van der Waals surface area (Å²) in [5.74, 6) is 0. The van der Waals surface area contributed by atoms with Gasteiger partial charge in [-0.3, -0.25) is 0 Å². The number of carbonyl (C=O) groups excluding carboxylic acids is 1. The molecule has 1 aromatic carbocycles. The zero-order valence-corrected chi connectivity index (χ0v) is 12.0. The van der Waals surface area contributed by atoms with Crippen LogP contribution in [0.5, 0.6) is 0 Å². The number of aldehydes is 1. The topological polar surface area (TPSA) is 44.8 Å². The van der Waals surface area contributed by atoms with E-state index in [2.05, 4.69) is 12.1 Å². The molecule has 0 N–H and O–H groups in total. The van der Waals surface area contributed by atoms with Crippen LogP contribution >= 0.6 is 0 Å². The molecule has 1 rings (SSSR count). The molecule has 0 saturated heterocycles. The van der Waals surface area contributed by atoms with Crippen LogP contribution in [0.4, 0.5) is 0 Å². The van der Waals surface area contributed by atoms with Crippen molar-refractivity contribution in [3.8, 4) is 0 Å². The lowest BCUT2D eigenvalue weighted by Crippen LogP contribution is -2.06. The fraction of sp³-hybridized carbons (Fsp3) is 0.562. The Morgan fingerprint density at radius 3 is 2.25 bits per heavy atom. The van der Waals surface area contributed by atoms with Crippen LogP contribution in [0.3, 0.4) is 0 Å². The van der Waals surface area contributed by atoms with E-state index in [0.29, 0.717) is 19.8 Å². The van der Waals surface area contributed by atoms with E-state index in [9.17, 15) is 4.79 Å². The van der Waals surface area contributed by atoms with Gasteiger partial charge < -0.3 is 19.0 Å². The first-order valence-electron chi connectivity index (χ1n) is 7.14. The highest BCUT2D eigenvalue weighted by Gasteiger charge is 1.94. The number of unbranched alkanes of at least 4 members (excludes halogenated alkanes) is 2. The van der Waals surface area contributed by atoms with Crippen LogP contribution in [-0.2, 0) is 25.6 Å². The van der Waals surface area contributed by atoms with E-state index in [1.165, 1.54) is 5.56 Å². The number of rotatable bonds is 13. The van der Waals surface area contributed by atoms with Gasteiger partial charge in [0.1, 0.15) is 12.9 Å². The zero-order valence-electron chi connectivity index (χ0n) is 12.0. The van der Waals surface area contributed by atoms with Crippen LogP contribution < -0.4 is 0 Å². The average molecular weight is 280 g/mol. The number of benzene rings is 1. The Morgan fingerprint density at radius 2 is 1.50 bits per heavy atom. The first-order chi connectivity index (χ1) is 9.93. The lowest BCUT2D eigenvalue weighted by Gasteiger charge is -2.05. The Morgan fingerprint density at radius 1 is 0.800 bits per heavy atom. The van der Waals surface area contributed by atoms with Gasteiger partial charge in [0.2, 0.25) is 0 Å². The molecule has 4 nitrogen and oxygen atoms in total. The van der Waals surface area contributed by atoms with Gasteiger partial charge in [0.05, 0.1) is 19.8 Å². The number of carbonyl (C=O) groups is 1. The highest BCUT2D eigenvalue weighted by molar-refractivity contribution is 5.50. The highest BCUT2D eigenvalue weighted by Crippen LogP contribution is 2.02. The molecule has 0 atom stereocenters. The Balaban J connectivity index is 1.78. The molecule has 0 aliphatic heterocycles. The summed E-state index contributed by atoms with van der Waals surface area (Å²) in [5.41, 5.74) is 1.21. The van der Waals surface area contributed by atoms with Crippen LogP contribution in [0, 0.1) is 0 Å². The molecule has 0 aliphatic carbocycles. The van der Waals surface area contributed by atoms with Gasteiger partial charge in [0.25, 0.3) is 0 Å². The van der Waals surface area contributed by atoms with Gasteiger partial charge in [-0.25, -0.2) is 0 Å². The quantitative estimate of drug-likeness (QED) is 0.411. The maximum atomic E-state index is 9.98. The number of hydrogen-bond donors (Lipinski definition) is 0. The number of hydrogen-bond acceptors (Lipinski definition) is 4. The van der Waals surface area contributed by atoms with E-state index in [1.54, 1.807) is 0 Å². The molecule has 0 heterocycles. The predicted molar refractivity (Wildman–Crippen MR) is 77.7 cm³/mol. The van der Waals surface area contributed by atoms with Crippen LogP contribution in [0.1, 0.15) is 24.8 Å². The molecule has 0 amide bonds. The second-order valence-electron chi connectivity index (χ2n) is 4.45.